The molecule has 0 aliphatic carbocycles. The Morgan fingerprint density at radius 3 is 2.83 bits per heavy atom. The van der Waals surface area contributed by atoms with Crippen molar-refractivity contribution in [3.63, 3.8) is 0 Å². The monoisotopic (exact) mass is 316 g/mol. The smallest absolute Gasteiger partial charge is 0.315 e. The van der Waals surface area contributed by atoms with Gasteiger partial charge in [-0.05, 0) is 12.5 Å². The Hall–Kier alpha value is -2.50. The number of aromatic nitrogens is 2. The zero-order chi connectivity index (χ0) is 16.7. The van der Waals surface area contributed by atoms with Crippen LogP contribution in [-0.2, 0) is 7.05 Å². The summed E-state index contributed by atoms with van der Waals surface area (Å²) in [5.74, 6) is 1.47. The molecule has 6 nitrogen and oxygen atoms in total. The fourth-order valence-electron chi connectivity index (χ4n) is 2.40. The highest BCUT2D eigenvalue weighted by Crippen LogP contribution is 2.28. The van der Waals surface area contributed by atoms with E-state index in [1.807, 2.05) is 42.1 Å². The number of para-hydroxylation sites is 1. The first-order valence-electron chi connectivity index (χ1n) is 7.81. The molecule has 0 fully saturated rings. The molecule has 0 bridgehead atoms. The van der Waals surface area contributed by atoms with E-state index in [-0.39, 0.29) is 12.1 Å². The number of carbonyl (C=O) groups is 1. The minimum Gasteiger partial charge on any atom is -0.496 e. The third-order valence-electron chi connectivity index (χ3n) is 3.66. The number of unbranched alkanes of at least 4 members (excludes halogenated alkanes) is 1. The minimum absolute atomic E-state index is 0.211. The average Bonchev–Trinajstić information content (AvgIpc) is 2.99. The molecule has 2 rings (SSSR count). The van der Waals surface area contributed by atoms with E-state index in [0.717, 1.165) is 24.2 Å². The van der Waals surface area contributed by atoms with Gasteiger partial charge in [0.05, 0.1) is 7.11 Å². The van der Waals surface area contributed by atoms with Crippen LogP contribution in [0.15, 0.2) is 36.7 Å². The van der Waals surface area contributed by atoms with Gasteiger partial charge in [0.15, 0.2) is 0 Å². The lowest BCUT2D eigenvalue weighted by Gasteiger charge is -2.21. The standard InChI is InChI=1S/C17H24N4O2/c1-4-5-10-19-17(22)20-15(16-18-11-12-21(16)2)13-8-6-7-9-14(13)23-3/h6-9,11-12,15H,4-5,10H2,1-3H3,(H2,19,20,22). The molecule has 0 radical (unpaired) electrons. The summed E-state index contributed by atoms with van der Waals surface area (Å²) in [7, 11) is 3.52. The third-order valence-corrected chi connectivity index (χ3v) is 3.66. The van der Waals surface area contributed by atoms with Crippen molar-refractivity contribution >= 4 is 6.03 Å². The van der Waals surface area contributed by atoms with Crippen molar-refractivity contribution < 1.29 is 9.53 Å². The molecular formula is C17H24N4O2. The van der Waals surface area contributed by atoms with E-state index in [0.29, 0.717) is 12.3 Å². The molecule has 1 aromatic heterocycles. The van der Waals surface area contributed by atoms with Crippen molar-refractivity contribution in [3.8, 4) is 5.75 Å². The Kier molecular flexibility index (Phi) is 6.02. The zero-order valence-electron chi connectivity index (χ0n) is 13.9. The number of rotatable bonds is 7. The van der Waals surface area contributed by atoms with Crippen LogP contribution in [0, 0.1) is 0 Å². The summed E-state index contributed by atoms with van der Waals surface area (Å²) in [6, 6.07) is 7.04. The van der Waals surface area contributed by atoms with Crippen LogP contribution in [0.4, 0.5) is 4.79 Å². The van der Waals surface area contributed by atoms with Gasteiger partial charge >= 0.3 is 6.03 Å². The van der Waals surface area contributed by atoms with Gasteiger partial charge in [-0.25, -0.2) is 9.78 Å². The summed E-state index contributed by atoms with van der Waals surface area (Å²) in [6.07, 6.45) is 5.56. The molecule has 2 aromatic rings. The first-order valence-corrected chi connectivity index (χ1v) is 7.81. The Labute approximate surface area is 136 Å². The van der Waals surface area contributed by atoms with Crippen molar-refractivity contribution in [2.45, 2.75) is 25.8 Å². The van der Waals surface area contributed by atoms with Gasteiger partial charge in [-0.2, -0.15) is 0 Å². The highest BCUT2D eigenvalue weighted by atomic mass is 16.5. The van der Waals surface area contributed by atoms with Gasteiger partial charge in [0.25, 0.3) is 0 Å². The largest absolute Gasteiger partial charge is 0.496 e. The molecular weight excluding hydrogens is 292 g/mol. The van der Waals surface area contributed by atoms with Gasteiger partial charge in [-0.15, -0.1) is 0 Å². The highest BCUT2D eigenvalue weighted by molar-refractivity contribution is 5.75. The van der Waals surface area contributed by atoms with Crippen molar-refractivity contribution in [1.29, 1.82) is 0 Å². The Morgan fingerprint density at radius 1 is 1.39 bits per heavy atom. The van der Waals surface area contributed by atoms with E-state index < -0.39 is 0 Å². The average molecular weight is 316 g/mol. The second kappa shape index (κ2) is 8.22. The predicted octanol–water partition coefficient (Wildman–Crippen LogP) is 2.62. The number of carbonyl (C=O) groups excluding carboxylic acids is 1. The molecule has 2 N–H and O–H groups in total. The van der Waals surface area contributed by atoms with Gasteiger partial charge in [0.1, 0.15) is 17.6 Å². The van der Waals surface area contributed by atoms with Crippen molar-refractivity contribution in [2.24, 2.45) is 7.05 Å². The number of nitrogens with zero attached hydrogens (tertiary/aromatic N) is 2. The molecule has 0 aliphatic heterocycles. The fourth-order valence-corrected chi connectivity index (χ4v) is 2.40. The predicted molar refractivity (Wildman–Crippen MR) is 89.5 cm³/mol. The number of urea groups is 1. The van der Waals surface area contributed by atoms with E-state index in [1.165, 1.54) is 0 Å². The van der Waals surface area contributed by atoms with Crippen LogP contribution >= 0.6 is 0 Å². The number of aryl methyl sites for hydroxylation is 1. The SMILES string of the molecule is CCCCNC(=O)NC(c1ccccc1OC)c1nccn1C. The van der Waals surface area contributed by atoms with E-state index >= 15 is 0 Å². The van der Waals surface area contributed by atoms with Crippen molar-refractivity contribution in [1.82, 2.24) is 20.2 Å². The summed E-state index contributed by atoms with van der Waals surface area (Å²) in [5.41, 5.74) is 0.870. The summed E-state index contributed by atoms with van der Waals surface area (Å²) in [6.45, 7) is 2.74. The van der Waals surface area contributed by atoms with Gasteiger partial charge in [0.2, 0.25) is 0 Å². The minimum atomic E-state index is -0.382. The number of benzene rings is 1. The van der Waals surface area contributed by atoms with Gasteiger partial charge < -0.3 is 19.9 Å². The molecule has 1 unspecified atom stereocenters. The summed E-state index contributed by atoms with van der Waals surface area (Å²) in [4.78, 5) is 16.6. The van der Waals surface area contributed by atoms with Gasteiger partial charge in [-0.1, -0.05) is 31.5 Å². The third kappa shape index (κ3) is 4.25. The van der Waals surface area contributed by atoms with Crippen LogP contribution in [0.3, 0.4) is 0 Å². The number of ether oxygens (including phenoxy) is 1. The molecule has 1 heterocycles. The van der Waals surface area contributed by atoms with E-state index in [4.69, 9.17) is 4.74 Å². The summed E-state index contributed by atoms with van der Waals surface area (Å²) in [5, 5.41) is 5.87. The Bertz CT molecular complexity index is 639. The molecule has 0 saturated carbocycles. The quantitative estimate of drug-likeness (QED) is 0.772. The lowest BCUT2D eigenvalue weighted by molar-refractivity contribution is 0.237. The molecule has 0 aliphatic rings. The lowest BCUT2D eigenvalue weighted by atomic mass is 10.0. The van der Waals surface area contributed by atoms with Crippen molar-refractivity contribution in [2.75, 3.05) is 13.7 Å². The second-order valence-corrected chi connectivity index (χ2v) is 5.33. The number of nitrogens with one attached hydrogen (secondary N) is 2. The molecule has 2 amide bonds. The Balaban J connectivity index is 2.26. The molecule has 6 heteroatoms. The molecule has 0 saturated heterocycles. The summed E-state index contributed by atoms with van der Waals surface area (Å²) < 4.78 is 7.33. The fraction of sp³-hybridized carbons (Fsp3) is 0.412. The van der Waals surface area contributed by atoms with Crippen LogP contribution < -0.4 is 15.4 Å². The van der Waals surface area contributed by atoms with Crippen LogP contribution in [-0.4, -0.2) is 29.2 Å². The summed E-state index contributed by atoms with van der Waals surface area (Å²) >= 11 is 0. The maximum atomic E-state index is 12.2. The van der Waals surface area contributed by atoms with Crippen molar-refractivity contribution in [3.05, 3.63) is 48.0 Å². The number of methoxy groups -OCH3 is 1. The van der Waals surface area contributed by atoms with Crippen LogP contribution in [0.2, 0.25) is 0 Å². The molecule has 1 atom stereocenters. The van der Waals surface area contributed by atoms with Gasteiger partial charge in [-0.3, -0.25) is 0 Å². The second-order valence-electron chi connectivity index (χ2n) is 5.33. The lowest BCUT2D eigenvalue weighted by Crippen LogP contribution is -2.39. The number of amides is 2. The Morgan fingerprint density at radius 2 is 2.17 bits per heavy atom. The number of imidazole rings is 1. The van der Waals surface area contributed by atoms with E-state index in [9.17, 15) is 4.79 Å². The first-order chi connectivity index (χ1) is 11.2. The van der Waals surface area contributed by atoms with Crippen LogP contribution in [0.1, 0.15) is 37.2 Å². The normalized spacial score (nSPS) is 11.8. The topological polar surface area (TPSA) is 68.2 Å². The van der Waals surface area contributed by atoms with Crippen LogP contribution in [0.25, 0.3) is 0 Å². The van der Waals surface area contributed by atoms with E-state index in [1.54, 1.807) is 13.3 Å². The molecule has 1 aromatic carbocycles. The number of hydrogen-bond donors (Lipinski definition) is 2. The molecule has 23 heavy (non-hydrogen) atoms. The van der Waals surface area contributed by atoms with E-state index in [2.05, 4.69) is 22.5 Å². The molecule has 0 spiro atoms. The zero-order valence-corrected chi connectivity index (χ0v) is 13.9. The molecule has 124 valence electrons. The first kappa shape index (κ1) is 16.9. The van der Waals surface area contributed by atoms with Crippen LogP contribution in [0.5, 0.6) is 5.75 Å². The van der Waals surface area contributed by atoms with Gasteiger partial charge in [0, 0.05) is 31.5 Å². The highest BCUT2D eigenvalue weighted by Gasteiger charge is 2.23. The number of hydrogen-bond acceptors (Lipinski definition) is 3. The maximum Gasteiger partial charge on any atom is 0.315 e. The maximum absolute atomic E-state index is 12.2.